The van der Waals surface area contributed by atoms with Gasteiger partial charge in [-0.15, -0.1) is 0 Å². The van der Waals surface area contributed by atoms with Gasteiger partial charge >= 0.3 is 0 Å². The van der Waals surface area contributed by atoms with E-state index in [1.54, 1.807) is 7.11 Å². The Bertz CT molecular complexity index is 430. The molecule has 3 atom stereocenters. The van der Waals surface area contributed by atoms with Gasteiger partial charge in [0.15, 0.2) is 5.78 Å². The maximum absolute atomic E-state index is 12.4. The highest BCUT2D eigenvalue weighted by molar-refractivity contribution is 6.00. The number of ketones is 1. The van der Waals surface area contributed by atoms with Crippen molar-refractivity contribution in [1.29, 1.82) is 0 Å². The average molecular weight is 248 g/mol. The third-order valence-electron chi connectivity index (χ3n) is 5.13. The first kappa shape index (κ1) is 13.5. The molecule has 2 nitrogen and oxygen atoms in total. The van der Waals surface area contributed by atoms with Crippen molar-refractivity contribution in [3.8, 4) is 0 Å². The second-order valence-corrected chi connectivity index (χ2v) is 6.08. The Hall–Kier alpha value is -0.890. The summed E-state index contributed by atoms with van der Waals surface area (Å²) in [6.07, 6.45) is 5.21. The Morgan fingerprint density at radius 2 is 2.00 bits per heavy atom. The summed E-state index contributed by atoms with van der Waals surface area (Å²) < 4.78 is 5.46. The molecule has 0 aromatic carbocycles. The number of Topliss-reactive ketones (excluding diaryl/α,β-unsaturated/α-hetero) is 1. The van der Waals surface area contributed by atoms with Crippen LogP contribution in [0.5, 0.6) is 0 Å². The van der Waals surface area contributed by atoms with Gasteiger partial charge in [-0.1, -0.05) is 31.1 Å². The molecule has 0 saturated carbocycles. The molecule has 0 amide bonds. The number of hydrogen-bond acceptors (Lipinski definition) is 2. The van der Waals surface area contributed by atoms with Crippen molar-refractivity contribution in [2.24, 2.45) is 11.3 Å². The van der Waals surface area contributed by atoms with Crippen LogP contribution in [0.1, 0.15) is 47.0 Å². The zero-order valence-electron chi connectivity index (χ0n) is 12.2. The van der Waals surface area contributed by atoms with Gasteiger partial charge in [0, 0.05) is 7.11 Å². The molecular formula is C16H24O2. The Morgan fingerprint density at radius 3 is 2.61 bits per heavy atom. The molecule has 2 rings (SSSR count). The van der Waals surface area contributed by atoms with Crippen LogP contribution in [0.2, 0.25) is 0 Å². The summed E-state index contributed by atoms with van der Waals surface area (Å²) in [5, 5.41) is 0. The van der Waals surface area contributed by atoms with Gasteiger partial charge in [-0.05, 0) is 50.0 Å². The predicted molar refractivity (Wildman–Crippen MR) is 73.4 cm³/mol. The fraction of sp³-hybridized carbons (Fsp3) is 0.688. The van der Waals surface area contributed by atoms with Crippen molar-refractivity contribution in [3.63, 3.8) is 0 Å². The number of carbonyl (C=O) groups excluding carboxylic acids is 1. The van der Waals surface area contributed by atoms with E-state index in [0.717, 1.165) is 24.8 Å². The normalized spacial score (nSPS) is 37.2. The third kappa shape index (κ3) is 1.87. The molecule has 0 radical (unpaired) electrons. The molecule has 3 unspecified atom stereocenters. The van der Waals surface area contributed by atoms with E-state index in [1.807, 2.05) is 6.92 Å². The molecule has 2 aliphatic rings. The van der Waals surface area contributed by atoms with Crippen LogP contribution in [0.4, 0.5) is 0 Å². The van der Waals surface area contributed by atoms with E-state index >= 15 is 0 Å². The highest BCUT2D eigenvalue weighted by atomic mass is 16.5. The number of fused-ring (bicyclic) bond motifs is 1. The highest BCUT2D eigenvalue weighted by Gasteiger charge is 2.47. The number of methoxy groups -OCH3 is 1. The first-order chi connectivity index (χ1) is 8.41. The van der Waals surface area contributed by atoms with Crippen molar-refractivity contribution in [2.75, 3.05) is 7.11 Å². The van der Waals surface area contributed by atoms with Crippen LogP contribution in [0.3, 0.4) is 0 Å². The zero-order valence-corrected chi connectivity index (χ0v) is 12.2. The quantitative estimate of drug-likeness (QED) is 0.662. The van der Waals surface area contributed by atoms with Crippen LogP contribution >= 0.6 is 0 Å². The summed E-state index contributed by atoms with van der Waals surface area (Å²) in [7, 11) is 1.65. The summed E-state index contributed by atoms with van der Waals surface area (Å²) in [4.78, 5) is 12.4. The molecule has 2 aliphatic carbocycles. The van der Waals surface area contributed by atoms with Crippen LogP contribution in [-0.2, 0) is 9.53 Å². The van der Waals surface area contributed by atoms with Gasteiger partial charge in [-0.2, -0.15) is 0 Å². The lowest BCUT2D eigenvalue weighted by atomic mass is 9.61. The monoisotopic (exact) mass is 248 g/mol. The molecule has 0 saturated heterocycles. The zero-order chi connectivity index (χ0) is 13.5. The van der Waals surface area contributed by atoms with Crippen molar-refractivity contribution < 1.29 is 9.53 Å². The predicted octanol–water partition coefficient (Wildman–Crippen LogP) is 3.67. The van der Waals surface area contributed by atoms with Gasteiger partial charge in [0.05, 0.1) is 0 Å². The first-order valence-electron chi connectivity index (χ1n) is 6.84. The lowest BCUT2D eigenvalue weighted by Gasteiger charge is -2.44. The number of hydrogen-bond donors (Lipinski definition) is 0. The van der Waals surface area contributed by atoms with E-state index in [0.29, 0.717) is 0 Å². The van der Waals surface area contributed by atoms with Gasteiger partial charge in [-0.25, -0.2) is 0 Å². The Morgan fingerprint density at radius 1 is 1.33 bits per heavy atom. The van der Waals surface area contributed by atoms with Crippen molar-refractivity contribution >= 4 is 5.78 Å². The third-order valence-corrected chi connectivity index (χ3v) is 5.13. The van der Waals surface area contributed by atoms with Crippen molar-refractivity contribution in [2.45, 2.75) is 53.1 Å². The Kier molecular flexibility index (Phi) is 3.50. The van der Waals surface area contributed by atoms with E-state index in [1.165, 1.54) is 11.1 Å². The molecular weight excluding hydrogens is 224 g/mol. The van der Waals surface area contributed by atoms with E-state index in [2.05, 4.69) is 26.8 Å². The lowest BCUT2D eigenvalue weighted by molar-refractivity contribution is -0.132. The number of ether oxygens (including phenoxy) is 1. The van der Waals surface area contributed by atoms with Crippen LogP contribution in [-0.4, -0.2) is 19.0 Å². The maximum Gasteiger partial charge on any atom is 0.187 e. The molecule has 0 aliphatic heterocycles. The van der Waals surface area contributed by atoms with Crippen LogP contribution in [0.25, 0.3) is 0 Å². The van der Waals surface area contributed by atoms with E-state index in [-0.39, 0.29) is 23.2 Å². The molecule has 0 aromatic heterocycles. The van der Waals surface area contributed by atoms with E-state index < -0.39 is 0 Å². The fourth-order valence-corrected chi connectivity index (χ4v) is 3.53. The van der Waals surface area contributed by atoms with E-state index in [9.17, 15) is 4.79 Å². The van der Waals surface area contributed by atoms with Crippen LogP contribution < -0.4 is 0 Å². The largest absolute Gasteiger partial charge is 0.373 e. The average Bonchev–Trinajstić information content (AvgIpc) is 2.49. The maximum atomic E-state index is 12.4. The van der Waals surface area contributed by atoms with E-state index in [4.69, 9.17) is 4.74 Å². The Balaban J connectivity index is 2.52. The second kappa shape index (κ2) is 4.65. The van der Waals surface area contributed by atoms with Crippen LogP contribution in [0, 0.1) is 11.3 Å². The molecule has 0 heterocycles. The van der Waals surface area contributed by atoms with Crippen LogP contribution in [0.15, 0.2) is 22.8 Å². The SMILES string of the molecule is COC1C(=O)C(C)=C2CCC(C)=CCC2(C)C1C. The minimum absolute atomic E-state index is 0.0798. The molecule has 0 spiro atoms. The summed E-state index contributed by atoms with van der Waals surface area (Å²) in [5.41, 5.74) is 3.84. The minimum atomic E-state index is -0.273. The molecule has 2 heteroatoms. The summed E-state index contributed by atoms with van der Waals surface area (Å²) in [6, 6.07) is 0. The molecule has 0 aromatic rings. The van der Waals surface area contributed by atoms with Gasteiger partial charge in [0.2, 0.25) is 0 Å². The lowest BCUT2D eigenvalue weighted by Crippen LogP contribution is -2.46. The van der Waals surface area contributed by atoms with Gasteiger partial charge < -0.3 is 4.74 Å². The van der Waals surface area contributed by atoms with Gasteiger partial charge in [0.1, 0.15) is 6.10 Å². The topological polar surface area (TPSA) is 26.3 Å². The smallest absolute Gasteiger partial charge is 0.187 e. The number of carbonyl (C=O) groups is 1. The molecule has 18 heavy (non-hydrogen) atoms. The molecule has 100 valence electrons. The van der Waals surface area contributed by atoms with Crippen molar-refractivity contribution in [3.05, 3.63) is 22.8 Å². The van der Waals surface area contributed by atoms with Gasteiger partial charge in [0.25, 0.3) is 0 Å². The standard InChI is InChI=1S/C16H24O2/c1-10-6-7-13-11(2)14(17)15(18-5)12(3)16(13,4)9-8-10/h8,12,15H,6-7,9H2,1-5H3. The molecule has 0 bridgehead atoms. The number of allylic oxidation sites excluding steroid dienone is 3. The first-order valence-corrected chi connectivity index (χ1v) is 6.84. The Labute approximate surface area is 110 Å². The fourth-order valence-electron chi connectivity index (χ4n) is 3.53. The molecule has 0 fully saturated rings. The molecule has 0 N–H and O–H groups in total. The summed E-state index contributed by atoms with van der Waals surface area (Å²) >= 11 is 0. The second-order valence-electron chi connectivity index (χ2n) is 6.08. The summed E-state index contributed by atoms with van der Waals surface area (Å²) in [5.74, 6) is 0.438. The summed E-state index contributed by atoms with van der Waals surface area (Å²) in [6.45, 7) is 8.63. The minimum Gasteiger partial charge on any atom is -0.373 e. The number of rotatable bonds is 1. The highest BCUT2D eigenvalue weighted by Crippen LogP contribution is 2.50. The van der Waals surface area contributed by atoms with Gasteiger partial charge in [-0.3, -0.25) is 4.79 Å². The van der Waals surface area contributed by atoms with Crippen molar-refractivity contribution in [1.82, 2.24) is 0 Å².